The molecule has 2 aromatic rings. The highest BCUT2D eigenvalue weighted by molar-refractivity contribution is 5.94. The highest BCUT2D eigenvalue weighted by Gasteiger charge is 2.27. The number of carbonyl (C=O) groups excluding carboxylic acids is 1. The molecule has 1 saturated heterocycles. The number of likely N-dealkylation sites (tertiary alicyclic amines) is 1. The van der Waals surface area contributed by atoms with E-state index in [1.807, 2.05) is 30.3 Å². The molecule has 1 amide bonds. The Morgan fingerprint density at radius 1 is 1.04 bits per heavy atom. The SMILES string of the molecule is O=C(c1cc(F)c(F)cc1F)N1CCC[C@H](Nc2ccccc2)C1. The second kappa shape index (κ2) is 6.95. The lowest BCUT2D eigenvalue weighted by Gasteiger charge is -2.33. The Bertz CT molecular complexity index is 737. The molecule has 0 aliphatic carbocycles. The van der Waals surface area contributed by atoms with Crippen LogP contribution in [0.4, 0.5) is 18.9 Å². The van der Waals surface area contributed by atoms with Crippen molar-refractivity contribution in [2.75, 3.05) is 18.4 Å². The van der Waals surface area contributed by atoms with Crippen LogP contribution in [0.3, 0.4) is 0 Å². The zero-order valence-electron chi connectivity index (χ0n) is 12.9. The number of nitrogens with one attached hydrogen (secondary N) is 1. The summed E-state index contributed by atoms with van der Waals surface area (Å²) in [6.45, 7) is 0.844. The molecule has 6 heteroatoms. The van der Waals surface area contributed by atoms with Gasteiger partial charge in [-0.15, -0.1) is 0 Å². The first-order valence-electron chi connectivity index (χ1n) is 7.80. The molecule has 1 aliphatic heterocycles. The summed E-state index contributed by atoms with van der Waals surface area (Å²) in [4.78, 5) is 13.9. The summed E-state index contributed by atoms with van der Waals surface area (Å²) >= 11 is 0. The molecule has 3 rings (SSSR count). The molecule has 0 aromatic heterocycles. The molecule has 1 aliphatic rings. The summed E-state index contributed by atoms with van der Waals surface area (Å²) in [6.07, 6.45) is 1.63. The first-order chi connectivity index (χ1) is 11.5. The Morgan fingerprint density at radius 3 is 2.50 bits per heavy atom. The van der Waals surface area contributed by atoms with Gasteiger partial charge >= 0.3 is 0 Å². The van der Waals surface area contributed by atoms with Crippen molar-refractivity contribution in [2.45, 2.75) is 18.9 Å². The smallest absolute Gasteiger partial charge is 0.257 e. The van der Waals surface area contributed by atoms with Gasteiger partial charge in [0.2, 0.25) is 0 Å². The van der Waals surface area contributed by atoms with Crippen molar-refractivity contribution in [1.29, 1.82) is 0 Å². The van der Waals surface area contributed by atoms with Gasteiger partial charge < -0.3 is 10.2 Å². The number of hydrogen-bond acceptors (Lipinski definition) is 2. The van der Waals surface area contributed by atoms with Gasteiger partial charge in [-0.1, -0.05) is 18.2 Å². The zero-order valence-corrected chi connectivity index (χ0v) is 12.9. The molecule has 1 atom stereocenters. The number of benzene rings is 2. The maximum atomic E-state index is 13.8. The molecule has 24 heavy (non-hydrogen) atoms. The van der Waals surface area contributed by atoms with E-state index in [-0.39, 0.29) is 6.04 Å². The second-order valence-corrected chi connectivity index (χ2v) is 5.85. The third-order valence-electron chi connectivity index (χ3n) is 4.09. The van der Waals surface area contributed by atoms with Crippen LogP contribution in [0, 0.1) is 17.5 Å². The number of piperidine rings is 1. The summed E-state index contributed by atoms with van der Waals surface area (Å²) in [5, 5.41) is 3.33. The molecule has 1 heterocycles. The molecule has 0 bridgehead atoms. The second-order valence-electron chi connectivity index (χ2n) is 5.85. The van der Waals surface area contributed by atoms with Crippen LogP contribution in [0.15, 0.2) is 42.5 Å². The van der Waals surface area contributed by atoms with Gasteiger partial charge in [-0.2, -0.15) is 0 Å². The lowest BCUT2D eigenvalue weighted by Crippen LogP contribution is -2.45. The zero-order chi connectivity index (χ0) is 17.1. The maximum absolute atomic E-state index is 13.8. The fourth-order valence-electron chi connectivity index (χ4n) is 2.91. The third-order valence-corrected chi connectivity index (χ3v) is 4.09. The van der Waals surface area contributed by atoms with Crippen LogP contribution in [0.5, 0.6) is 0 Å². The van der Waals surface area contributed by atoms with E-state index in [1.54, 1.807) is 0 Å². The van der Waals surface area contributed by atoms with Crippen LogP contribution >= 0.6 is 0 Å². The maximum Gasteiger partial charge on any atom is 0.257 e. The number of carbonyl (C=O) groups is 1. The normalized spacial score (nSPS) is 17.6. The van der Waals surface area contributed by atoms with Gasteiger partial charge in [-0.25, -0.2) is 13.2 Å². The van der Waals surface area contributed by atoms with Crippen molar-refractivity contribution >= 4 is 11.6 Å². The van der Waals surface area contributed by atoms with Crippen molar-refractivity contribution in [3.63, 3.8) is 0 Å². The first-order valence-corrected chi connectivity index (χ1v) is 7.80. The van der Waals surface area contributed by atoms with Gasteiger partial charge in [0.1, 0.15) is 5.82 Å². The van der Waals surface area contributed by atoms with Gasteiger partial charge in [0, 0.05) is 30.9 Å². The standard InChI is InChI=1S/C18H17F3N2O/c19-15-10-17(21)16(20)9-14(15)18(24)23-8-4-7-13(11-23)22-12-5-2-1-3-6-12/h1-3,5-6,9-10,13,22H,4,7-8,11H2/t13-/m0/s1. The van der Waals surface area contributed by atoms with E-state index in [1.165, 1.54) is 4.90 Å². The first kappa shape index (κ1) is 16.4. The summed E-state index contributed by atoms with van der Waals surface area (Å²) in [7, 11) is 0. The Morgan fingerprint density at radius 2 is 1.75 bits per heavy atom. The van der Waals surface area contributed by atoms with E-state index in [9.17, 15) is 18.0 Å². The summed E-state index contributed by atoms with van der Waals surface area (Å²) in [5.74, 6) is -4.19. The third kappa shape index (κ3) is 3.53. The monoisotopic (exact) mass is 334 g/mol. The number of rotatable bonds is 3. The molecule has 0 unspecified atom stereocenters. The quantitative estimate of drug-likeness (QED) is 0.866. The molecule has 0 spiro atoms. The minimum atomic E-state index is -1.30. The summed E-state index contributed by atoms with van der Waals surface area (Å²) < 4.78 is 40.2. The molecule has 3 nitrogen and oxygen atoms in total. The largest absolute Gasteiger partial charge is 0.381 e. The van der Waals surface area contributed by atoms with Crippen LogP contribution < -0.4 is 5.32 Å². The Kier molecular flexibility index (Phi) is 4.74. The molecule has 1 fully saturated rings. The van der Waals surface area contributed by atoms with Crippen molar-refractivity contribution in [1.82, 2.24) is 4.90 Å². The minimum Gasteiger partial charge on any atom is -0.381 e. The van der Waals surface area contributed by atoms with E-state index < -0.39 is 28.9 Å². The predicted octanol–water partition coefficient (Wildman–Crippen LogP) is 3.82. The van der Waals surface area contributed by atoms with Gasteiger partial charge in [-0.3, -0.25) is 4.79 Å². The summed E-state index contributed by atoms with van der Waals surface area (Å²) in [5.41, 5.74) is 0.505. The van der Waals surface area contributed by atoms with Crippen molar-refractivity contribution < 1.29 is 18.0 Å². The summed E-state index contributed by atoms with van der Waals surface area (Å²) in [6, 6.07) is 10.6. The van der Waals surface area contributed by atoms with Gasteiger partial charge in [0.15, 0.2) is 11.6 Å². The van der Waals surface area contributed by atoms with Gasteiger partial charge in [0.25, 0.3) is 5.91 Å². The number of nitrogens with zero attached hydrogens (tertiary/aromatic N) is 1. The van der Waals surface area contributed by atoms with E-state index in [4.69, 9.17) is 0 Å². The lowest BCUT2D eigenvalue weighted by atomic mass is 10.0. The van der Waals surface area contributed by atoms with Crippen LogP contribution in [0.2, 0.25) is 0 Å². The molecule has 2 aromatic carbocycles. The Balaban J connectivity index is 1.72. The van der Waals surface area contributed by atoms with Crippen LogP contribution in [0.25, 0.3) is 0 Å². The van der Waals surface area contributed by atoms with E-state index in [0.717, 1.165) is 18.5 Å². The van der Waals surface area contributed by atoms with Crippen molar-refractivity contribution in [3.05, 3.63) is 65.5 Å². The topological polar surface area (TPSA) is 32.3 Å². The average Bonchev–Trinajstić information content (AvgIpc) is 2.59. The molecule has 0 saturated carbocycles. The van der Waals surface area contributed by atoms with E-state index >= 15 is 0 Å². The van der Waals surface area contributed by atoms with Crippen LogP contribution in [-0.2, 0) is 0 Å². The Labute approximate surface area is 138 Å². The number of anilines is 1. The van der Waals surface area contributed by atoms with Gasteiger partial charge in [-0.05, 0) is 31.0 Å². The minimum absolute atomic E-state index is 0.0263. The molecule has 1 N–H and O–H groups in total. The van der Waals surface area contributed by atoms with E-state index in [0.29, 0.717) is 25.2 Å². The number of hydrogen-bond donors (Lipinski definition) is 1. The van der Waals surface area contributed by atoms with Crippen molar-refractivity contribution in [2.24, 2.45) is 0 Å². The van der Waals surface area contributed by atoms with E-state index in [2.05, 4.69) is 5.32 Å². The molecule has 0 radical (unpaired) electrons. The van der Waals surface area contributed by atoms with Crippen molar-refractivity contribution in [3.8, 4) is 0 Å². The van der Waals surface area contributed by atoms with Crippen LogP contribution in [0.1, 0.15) is 23.2 Å². The Hall–Kier alpha value is -2.50. The number of para-hydroxylation sites is 1. The predicted molar refractivity (Wildman–Crippen MR) is 85.3 cm³/mol. The van der Waals surface area contributed by atoms with Gasteiger partial charge in [0.05, 0.1) is 5.56 Å². The highest BCUT2D eigenvalue weighted by Crippen LogP contribution is 2.20. The average molecular weight is 334 g/mol. The number of amides is 1. The number of halogens is 3. The molecular weight excluding hydrogens is 317 g/mol. The fourth-order valence-corrected chi connectivity index (χ4v) is 2.91. The molecular formula is C18H17F3N2O. The highest BCUT2D eigenvalue weighted by atomic mass is 19.2. The fraction of sp³-hybridized carbons (Fsp3) is 0.278. The lowest BCUT2D eigenvalue weighted by molar-refractivity contribution is 0.0709. The molecule has 126 valence electrons. The van der Waals surface area contributed by atoms with Crippen LogP contribution in [-0.4, -0.2) is 29.9 Å².